The second kappa shape index (κ2) is 16.3. The molecule has 34 heavy (non-hydrogen) atoms. The van der Waals surface area contributed by atoms with Gasteiger partial charge in [0.2, 0.25) is 0 Å². The van der Waals surface area contributed by atoms with Gasteiger partial charge in [-0.05, 0) is 0 Å². The number of rotatable bonds is 2. The Morgan fingerprint density at radius 3 is 1.56 bits per heavy atom. The molecule has 0 saturated heterocycles. The summed E-state index contributed by atoms with van der Waals surface area (Å²) in [4.78, 5) is 0. The molecule has 0 N–H and O–H groups in total. The fourth-order valence-electron chi connectivity index (χ4n) is 5.40. The Morgan fingerprint density at radius 2 is 1.18 bits per heavy atom. The summed E-state index contributed by atoms with van der Waals surface area (Å²) in [7, 11) is 0. The summed E-state index contributed by atoms with van der Waals surface area (Å²) in [6, 6.07) is 19.3. The van der Waals surface area contributed by atoms with Crippen molar-refractivity contribution in [2.75, 3.05) is 0 Å². The van der Waals surface area contributed by atoms with Crippen molar-refractivity contribution in [1.82, 2.24) is 0 Å². The molecule has 3 aromatic rings. The molecule has 0 atom stereocenters. The van der Waals surface area contributed by atoms with E-state index < -0.39 is 0 Å². The molecule has 180 valence electrons. The number of hydrogen-bond donors (Lipinski definition) is 0. The fraction of sp³-hybridized carbons (Fsp3) is 0.433. The standard InChI is InChI=1S/C13H9.C12H22Si.C5H5.2ClH.Zr/c1-3-7-12-10(5-1)9-11-6-2-4-8-13(11)12;1-3-7-11(8-4-1)13-12-9-5-2-6-10-12;1-2-4-5-3-1;;;/h1-9H;11-12H,1-10H2;1-3H,4H2;2*1H;/q-1;;-1;;;+2/p-2. The number of halogens is 2. The molecule has 0 bridgehead atoms. The van der Waals surface area contributed by atoms with E-state index in [2.05, 4.69) is 66.7 Å². The third-order valence-corrected chi connectivity index (χ3v) is 16.1. The molecule has 0 spiro atoms. The van der Waals surface area contributed by atoms with Gasteiger partial charge in [-0.3, -0.25) is 6.08 Å². The van der Waals surface area contributed by atoms with Crippen molar-refractivity contribution in [2.45, 2.75) is 81.7 Å². The van der Waals surface area contributed by atoms with E-state index in [1.807, 2.05) is 35.5 Å². The van der Waals surface area contributed by atoms with Gasteiger partial charge in [-0.15, -0.1) is 46.2 Å². The number of hydrogen-bond acceptors (Lipinski definition) is 0. The van der Waals surface area contributed by atoms with Crippen LogP contribution in [0.2, 0.25) is 11.1 Å². The van der Waals surface area contributed by atoms with Crippen molar-refractivity contribution in [3.05, 3.63) is 78.9 Å². The molecule has 0 amide bonds. The predicted molar refractivity (Wildman–Crippen MR) is 138 cm³/mol. The van der Waals surface area contributed by atoms with Crippen LogP contribution < -0.4 is 24.8 Å². The Labute approximate surface area is 234 Å². The molecule has 0 heterocycles. The van der Waals surface area contributed by atoms with Crippen LogP contribution >= 0.6 is 0 Å². The van der Waals surface area contributed by atoms with E-state index in [0.717, 1.165) is 6.42 Å². The third kappa shape index (κ3) is 8.55. The summed E-state index contributed by atoms with van der Waals surface area (Å²) >= 11 is 1.95. The van der Waals surface area contributed by atoms with Gasteiger partial charge in [-0.2, -0.15) is 6.08 Å². The van der Waals surface area contributed by atoms with Crippen LogP contribution in [-0.2, 0) is 23.3 Å². The normalized spacial score (nSPS) is 17.7. The molecular formula is C30H36Cl2SiZr-2. The zero-order valence-corrected chi connectivity index (χ0v) is 25.1. The Kier molecular flexibility index (Phi) is 14.2. The summed E-state index contributed by atoms with van der Waals surface area (Å²) in [5, 5.41) is 5.39. The maximum atomic E-state index is 2.99. The Balaban J connectivity index is 0.000000191. The van der Waals surface area contributed by atoms with Gasteiger partial charge in [0.05, 0.1) is 0 Å². The van der Waals surface area contributed by atoms with Gasteiger partial charge in [0.25, 0.3) is 0 Å². The molecule has 0 nitrogen and oxygen atoms in total. The van der Waals surface area contributed by atoms with Gasteiger partial charge in [0.1, 0.15) is 0 Å². The minimum atomic E-state index is 0. The van der Waals surface area contributed by atoms with Crippen LogP contribution in [0.3, 0.4) is 0 Å². The van der Waals surface area contributed by atoms with E-state index in [-0.39, 0.29) is 30.2 Å². The first-order chi connectivity index (χ1) is 15.8. The van der Waals surface area contributed by atoms with Gasteiger partial charge >= 0.3 is 104 Å². The van der Waals surface area contributed by atoms with Crippen molar-refractivity contribution in [2.24, 2.45) is 0 Å². The van der Waals surface area contributed by atoms with Crippen LogP contribution in [-0.4, -0.2) is 5.43 Å². The summed E-state index contributed by atoms with van der Waals surface area (Å²) in [6.45, 7) is 0. The van der Waals surface area contributed by atoms with E-state index in [1.54, 1.807) is 51.4 Å². The van der Waals surface area contributed by atoms with Crippen LogP contribution in [0.4, 0.5) is 0 Å². The minimum absolute atomic E-state index is 0. The van der Waals surface area contributed by atoms with Gasteiger partial charge in [-0.25, -0.2) is 12.2 Å². The molecule has 3 aromatic carbocycles. The molecule has 0 unspecified atom stereocenters. The van der Waals surface area contributed by atoms with Crippen molar-refractivity contribution >= 4 is 27.0 Å². The summed E-state index contributed by atoms with van der Waals surface area (Å²) in [6.07, 6.45) is 25.7. The van der Waals surface area contributed by atoms with Gasteiger partial charge in [-0.1, -0.05) is 36.4 Å². The fourth-order valence-corrected chi connectivity index (χ4v) is 12.4. The van der Waals surface area contributed by atoms with E-state index in [0.29, 0.717) is 0 Å². The van der Waals surface area contributed by atoms with E-state index in [1.165, 1.54) is 45.5 Å². The average molecular weight is 587 g/mol. The predicted octanol–water partition coefficient (Wildman–Crippen LogP) is 3.22. The van der Waals surface area contributed by atoms with Crippen LogP contribution in [0.15, 0.2) is 72.8 Å². The SMILES string of the molecule is [C-]1=CC=CC1.[Cl-].[Cl-].[Zr+2]=[Si](C1CCCCC1)C1CCCCC1.c1ccc2c(c1)[cH-]c1ccccc12. The maximum absolute atomic E-state index is 2.99. The molecule has 4 heteroatoms. The van der Waals surface area contributed by atoms with E-state index >= 15 is 0 Å². The van der Waals surface area contributed by atoms with Gasteiger partial charge in [0.15, 0.2) is 0 Å². The zero-order valence-electron chi connectivity index (χ0n) is 20.1. The first kappa shape index (κ1) is 29.7. The maximum Gasteiger partial charge on any atom is -0.0771 e. The quantitative estimate of drug-likeness (QED) is 0.320. The molecule has 3 aliphatic rings. The number of fused-ring (bicyclic) bond motifs is 3. The zero-order chi connectivity index (χ0) is 22.0. The number of benzene rings is 2. The van der Waals surface area contributed by atoms with Crippen molar-refractivity contribution in [3.63, 3.8) is 0 Å². The Morgan fingerprint density at radius 1 is 0.706 bits per heavy atom. The van der Waals surface area contributed by atoms with Gasteiger partial charge in [0, 0.05) is 0 Å². The monoisotopic (exact) mass is 584 g/mol. The molecule has 0 radical (unpaired) electrons. The van der Waals surface area contributed by atoms with Crippen LogP contribution in [0.1, 0.15) is 70.6 Å². The second-order valence-corrected chi connectivity index (χ2v) is 16.2. The van der Waals surface area contributed by atoms with Gasteiger partial charge < -0.3 is 24.8 Å². The molecule has 0 aromatic heterocycles. The van der Waals surface area contributed by atoms with Crippen LogP contribution in [0.25, 0.3) is 21.5 Å². The minimum Gasteiger partial charge on any atom is -0.126 e. The first-order valence-electron chi connectivity index (χ1n) is 12.7. The molecule has 0 aliphatic heterocycles. The average Bonchev–Trinajstić information content (AvgIpc) is 3.57. The van der Waals surface area contributed by atoms with Crippen LogP contribution in [0, 0.1) is 6.08 Å². The summed E-state index contributed by atoms with van der Waals surface area (Å²) in [5.41, 5.74) is 2.56. The Bertz CT molecular complexity index is 976. The van der Waals surface area contributed by atoms with E-state index in [9.17, 15) is 0 Å². The van der Waals surface area contributed by atoms with Crippen molar-refractivity contribution in [1.29, 1.82) is 0 Å². The van der Waals surface area contributed by atoms with E-state index in [4.69, 9.17) is 0 Å². The summed E-state index contributed by atoms with van der Waals surface area (Å²) < 4.78 is 0. The largest absolute Gasteiger partial charge is 0.126 e. The molecular weight excluding hydrogens is 551 g/mol. The molecule has 2 saturated carbocycles. The second-order valence-electron chi connectivity index (χ2n) is 9.45. The Hall–Kier alpha value is -0.530. The smallest absolute Gasteiger partial charge is 0.0771 e. The van der Waals surface area contributed by atoms with Crippen molar-refractivity contribution in [3.8, 4) is 0 Å². The summed E-state index contributed by atoms with van der Waals surface area (Å²) in [5.74, 6) is 0. The number of allylic oxidation sites excluding steroid dienone is 4. The van der Waals surface area contributed by atoms with Crippen molar-refractivity contribution < 1.29 is 48.1 Å². The third-order valence-electron chi connectivity index (χ3n) is 7.20. The topological polar surface area (TPSA) is 0 Å². The molecule has 3 aliphatic carbocycles. The molecule has 2 fully saturated rings. The molecule has 6 rings (SSSR count). The first-order valence-corrected chi connectivity index (χ1v) is 18.0. The van der Waals surface area contributed by atoms with Crippen LogP contribution in [0.5, 0.6) is 0 Å².